The molecule has 0 unspecified atom stereocenters. The van der Waals surface area contributed by atoms with Crippen LogP contribution in [0, 0.1) is 13.8 Å². The lowest BCUT2D eigenvalue weighted by atomic mass is 9.98. The number of H-pyrrole nitrogens is 1. The summed E-state index contributed by atoms with van der Waals surface area (Å²) in [4.78, 5) is 3.70. The van der Waals surface area contributed by atoms with Gasteiger partial charge in [-0.25, -0.2) is 0 Å². The molecule has 0 spiro atoms. The molecule has 0 bridgehead atoms. The molecule has 0 saturated carbocycles. The van der Waals surface area contributed by atoms with Gasteiger partial charge in [-0.1, -0.05) is 11.6 Å². The first-order valence-electron chi connectivity index (χ1n) is 10.3. The van der Waals surface area contributed by atoms with Crippen molar-refractivity contribution in [3.8, 4) is 22.8 Å². The number of benzene rings is 2. The van der Waals surface area contributed by atoms with Crippen molar-refractivity contribution < 1.29 is 9.47 Å². The number of aromatic amines is 1. The van der Waals surface area contributed by atoms with Crippen LogP contribution in [0.1, 0.15) is 43.4 Å². The lowest BCUT2D eigenvalue weighted by molar-refractivity contribution is 0.288. The molecule has 0 aliphatic rings. The highest BCUT2D eigenvalue weighted by atomic mass is 16.5. The van der Waals surface area contributed by atoms with Crippen molar-refractivity contribution in [2.45, 2.75) is 47.0 Å². The van der Waals surface area contributed by atoms with Gasteiger partial charge in [-0.15, -0.1) is 0 Å². The lowest BCUT2D eigenvalue weighted by Gasteiger charge is -2.13. The number of hydrogen-bond acceptors (Lipinski definition) is 3. The van der Waals surface area contributed by atoms with Crippen molar-refractivity contribution in [2.24, 2.45) is 5.73 Å². The Hall–Kier alpha value is -2.46. The minimum absolute atomic E-state index is 0.609. The molecule has 1 aromatic heterocycles. The van der Waals surface area contributed by atoms with Gasteiger partial charge in [-0.3, -0.25) is 0 Å². The summed E-state index contributed by atoms with van der Waals surface area (Å²) in [5, 5.41) is 1.32. The maximum absolute atomic E-state index is 5.85. The molecule has 0 saturated heterocycles. The van der Waals surface area contributed by atoms with Gasteiger partial charge in [0.1, 0.15) is 0 Å². The van der Waals surface area contributed by atoms with Crippen molar-refractivity contribution in [3.63, 3.8) is 0 Å². The Morgan fingerprint density at radius 2 is 1.68 bits per heavy atom. The molecule has 150 valence electrons. The number of nitrogens with one attached hydrogen (secondary N) is 1. The molecule has 4 nitrogen and oxygen atoms in total. The van der Waals surface area contributed by atoms with Gasteiger partial charge in [0.25, 0.3) is 0 Å². The molecular weight excluding hydrogens is 348 g/mol. The van der Waals surface area contributed by atoms with Crippen LogP contribution in [0.2, 0.25) is 0 Å². The van der Waals surface area contributed by atoms with Crippen LogP contribution in [0.5, 0.6) is 11.5 Å². The van der Waals surface area contributed by atoms with E-state index in [4.69, 9.17) is 15.2 Å². The molecule has 0 radical (unpaired) electrons. The Morgan fingerprint density at radius 3 is 2.39 bits per heavy atom. The predicted octanol–water partition coefficient (Wildman–Crippen LogP) is 5.53. The quantitative estimate of drug-likeness (QED) is 0.480. The van der Waals surface area contributed by atoms with Crippen molar-refractivity contribution >= 4 is 10.9 Å². The standard InChI is InChI=1S/C24H32N2O2/c1-5-27-21-11-10-18(15-22(21)28-6-2)24-19(9-7-8-12-25)20-14-16(3)13-17(4)23(20)26-24/h10-11,13-15,26H,5-9,12,25H2,1-4H3. The molecule has 2 aromatic carbocycles. The minimum Gasteiger partial charge on any atom is -0.490 e. The van der Waals surface area contributed by atoms with Crippen LogP contribution in [0.15, 0.2) is 30.3 Å². The molecule has 0 amide bonds. The van der Waals surface area contributed by atoms with Crippen LogP contribution in [-0.2, 0) is 6.42 Å². The fourth-order valence-corrected chi connectivity index (χ4v) is 3.87. The second-order valence-electron chi connectivity index (χ2n) is 7.26. The maximum Gasteiger partial charge on any atom is 0.161 e. The largest absolute Gasteiger partial charge is 0.490 e. The second kappa shape index (κ2) is 9.16. The van der Waals surface area contributed by atoms with E-state index in [0.29, 0.717) is 13.2 Å². The van der Waals surface area contributed by atoms with E-state index in [2.05, 4.69) is 43.1 Å². The summed E-state index contributed by atoms with van der Waals surface area (Å²) in [5.74, 6) is 1.59. The SMILES string of the molecule is CCOc1ccc(-c2[nH]c3c(C)cc(C)cc3c2CCCCN)cc1OCC. The minimum atomic E-state index is 0.609. The Kier molecular flexibility index (Phi) is 6.63. The Morgan fingerprint density at radius 1 is 0.929 bits per heavy atom. The van der Waals surface area contributed by atoms with Crippen LogP contribution < -0.4 is 15.2 Å². The van der Waals surface area contributed by atoms with Gasteiger partial charge in [-0.05, 0) is 88.9 Å². The average Bonchev–Trinajstić information content (AvgIpc) is 3.03. The molecule has 4 heteroatoms. The fraction of sp³-hybridized carbons (Fsp3) is 0.417. The summed E-state index contributed by atoms with van der Waals surface area (Å²) in [5.41, 5.74) is 13.2. The van der Waals surface area contributed by atoms with E-state index in [-0.39, 0.29) is 0 Å². The number of fused-ring (bicyclic) bond motifs is 1. The molecule has 28 heavy (non-hydrogen) atoms. The first-order valence-corrected chi connectivity index (χ1v) is 10.3. The molecule has 0 aliphatic carbocycles. The summed E-state index contributed by atoms with van der Waals surface area (Å²) < 4.78 is 11.6. The molecule has 0 atom stereocenters. The lowest BCUT2D eigenvalue weighted by Crippen LogP contribution is -2.00. The summed E-state index contributed by atoms with van der Waals surface area (Å²) >= 11 is 0. The zero-order valence-corrected chi connectivity index (χ0v) is 17.5. The molecule has 0 aliphatic heterocycles. The van der Waals surface area contributed by atoms with Gasteiger partial charge < -0.3 is 20.2 Å². The zero-order chi connectivity index (χ0) is 20.1. The van der Waals surface area contributed by atoms with Crippen molar-refractivity contribution in [2.75, 3.05) is 19.8 Å². The highest BCUT2D eigenvalue weighted by Crippen LogP contribution is 2.38. The molecule has 1 heterocycles. The second-order valence-corrected chi connectivity index (χ2v) is 7.26. The van der Waals surface area contributed by atoms with Gasteiger partial charge in [0.05, 0.1) is 13.2 Å². The Labute approximate surface area is 168 Å². The predicted molar refractivity (Wildman–Crippen MR) is 118 cm³/mol. The number of hydrogen-bond donors (Lipinski definition) is 2. The van der Waals surface area contributed by atoms with E-state index in [9.17, 15) is 0 Å². The van der Waals surface area contributed by atoms with E-state index in [1.807, 2.05) is 19.9 Å². The number of rotatable bonds is 9. The number of aromatic nitrogens is 1. The third-order valence-corrected chi connectivity index (χ3v) is 5.07. The van der Waals surface area contributed by atoms with Crippen LogP contribution in [0.4, 0.5) is 0 Å². The first-order chi connectivity index (χ1) is 13.6. The van der Waals surface area contributed by atoms with E-state index < -0.39 is 0 Å². The topological polar surface area (TPSA) is 60.3 Å². The van der Waals surface area contributed by atoms with Crippen LogP contribution in [0.3, 0.4) is 0 Å². The first kappa shape index (κ1) is 20.3. The number of nitrogens with two attached hydrogens (primary N) is 1. The smallest absolute Gasteiger partial charge is 0.161 e. The fourth-order valence-electron chi connectivity index (χ4n) is 3.87. The third kappa shape index (κ3) is 4.17. The van der Waals surface area contributed by atoms with Crippen molar-refractivity contribution in [1.29, 1.82) is 0 Å². The summed E-state index contributed by atoms with van der Waals surface area (Å²) in [7, 11) is 0. The molecular formula is C24H32N2O2. The van der Waals surface area contributed by atoms with Crippen molar-refractivity contribution in [3.05, 3.63) is 47.0 Å². The Balaban J connectivity index is 2.14. The van der Waals surface area contributed by atoms with Crippen LogP contribution in [-0.4, -0.2) is 24.7 Å². The summed E-state index contributed by atoms with van der Waals surface area (Å²) in [6.07, 6.45) is 3.12. The average molecular weight is 381 g/mol. The number of unbranched alkanes of at least 4 members (excludes halogenated alkanes) is 1. The zero-order valence-electron chi connectivity index (χ0n) is 17.5. The molecule has 0 fully saturated rings. The summed E-state index contributed by atoms with van der Waals surface area (Å²) in [6, 6.07) is 10.7. The van der Waals surface area contributed by atoms with Gasteiger partial charge in [-0.2, -0.15) is 0 Å². The van der Waals surface area contributed by atoms with Gasteiger partial charge in [0.15, 0.2) is 11.5 Å². The normalized spacial score (nSPS) is 11.2. The van der Waals surface area contributed by atoms with Crippen LogP contribution in [0.25, 0.3) is 22.2 Å². The van der Waals surface area contributed by atoms with Gasteiger partial charge >= 0.3 is 0 Å². The van der Waals surface area contributed by atoms with Gasteiger partial charge in [0.2, 0.25) is 0 Å². The maximum atomic E-state index is 5.85. The van der Waals surface area contributed by atoms with Crippen molar-refractivity contribution in [1.82, 2.24) is 4.98 Å². The van der Waals surface area contributed by atoms with E-state index >= 15 is 0 Å². The number of aryl methyl sites for hydroxylation is 3. The molecule has 3 N–H and O–H groups in total. The van der Waals surface area contributed by atoms with Crippen LogP contribution >= 0.6 is 0 Å². The molecule has 3 rings (SSSR count). The van der Waals surface area contributed by atoms with E-state index in [0.717, 1.165) is 42.9 Å². The monoisotopic (exact) mass is 380 g/mol. The van der Waals surface area contributed by atoms with Gasteiger partial charge in [0, 0.05) is 22.2 Å². The van der Waals surface area contributed by atoms with E-state index in [1.165, 1.54) is 33.3 Å². The molecule has 3 aromatic rings. The summed E-state index contributed by atoms with van der Waals surface area (Å²) in [6.45, 7) is 10.3. The van der Waals surface area contributed by atoms with E-state index in [1.54, 1.807) is 0 Å². The highest BCUT2D eigenvalue weighted by molar-refractivity contribution is 5.93. The Bertz CT molecular complexity index is 943. The third-order valence-electron chi connectivity index (χ3n) is 5.07. The highest BCUT2D eigenvalue weighted by Gasteiger charge is 2.17. The number of ether oxygens (including phenoxy) is 2.